The molecule has 2 aliphatic carbocycles. The number of benzene rings is 2. The summed E-state index contributed by atoms with van der Waals surface area (Å²) in [4.78, 5) is 27.2. The van der Waals surface area contributed by atoms with Gasteiger partial charge in [0.25, 0.3) is 23.5 Å². The van der Waals surface area contributed by atoms with Crippen LogP contribution in [0.2, 0.25) is 0 Å². The zero-order valence-corrected chi connectivity index (χ0v) is 38.7. The van der Waals surface area contributed by atoms with Gasteiger partial charge < -0.3 is 29.2 Å². The fourth-order valence-electron chi connectivity index (χ4n) is 11.5. The number of rotatable bonds is 12. The summed E-state index contributed by atoms with van der Waals surface area (Å²) in [5.74, 6) is -3.68. The molecule has 0 atom stereocenters. The van der Waals surface area contributed by atoms with Crippen molar-refractivity contribution in [3.8, 4) is 0 Å². The van der Waals surface area contributed by atoms with Crippen LogP contribution in [-0.4, -0.2) is 67.4 Å². The molecule has 336 valence electrons. The third-order valence-electron chi connectivity index (χ3n) is 15.5. The van der Waals surface area contributed by atoms with Gasteiger partial charge in [0.2, 0.25) is 11.4 Å². The molecule has 8 rings (SSSR count). The van der Waals surface area contributed by atoms with Crippen molar-refractivity contribution < 1.29 is 47.9 Å². The zero-order chi connectivity index (χ0) is 45.0. The standard InChI is InChI=1S/C53H66N2O8/c1-9-11-33-54-41-19-15-13-17-39(41)50(5,6)43(54)23-21-37-45(56)60-52(61-46(37)57)29-25-35(26-30-52)49(3,4)36-27-31-53(32-28-36)62-47(58)38(48(59)63-53)22-24-44-51(7,8)40-18-14-16-20-42(40)55(44)34-12-10-2/h13-24,35-36H,9-12,25-34H2,1-8H3/p+2. The predicted molar refractivity (Wildman–Crippen MR) is 243 cm³/mol. The van der Waals surface area contributed by atoms with E-state index in [1.165, 1.54) is 22.5 Å². The number of fused-ring (bicyclic) bond motifs is 2. The lowest BCUT2D eigenvalue weighted by Gasteiger charge is -2.50. The van der Waals surface area contributed by atoms with Gasteiger partial charge in [-0.1, -0.05) is 76.9 Å². The number of para-hydroxylation sites is 2. The van der Waals surface area contributed by atoms with Crippen molar-refractivity contribution in [2.45, 2.75) is 155 Å². The van der Waals surface area contributed by atoms with Gasteiger partial charge in [-0.05, 0) is 82.8 Å². The van der Waals surface area contributed by atoms with Crippen LogP contribution in [0.25, 0.3) is 0 Å². The van der Waals surface area contributed by atoms with Gasteiger partial charge in [0.05, 0.1) is 10.8 Å². The van der Waals surface area contributed by atoms with Crippen LogP contribution in [0, 0.1) is 17.3 Å². The van der Waals surface area contributed by atoms with E-state index in [9.17, 15) is 19.8 Å². The molecule has 10 nitrogen and oxygen atoms in total. The van der Waals surface area contributed by atoms with Crippen LogP contribution >= 0.6 is 0 Å². The number of aliphatic hydroxyl groups is 2. The van der Waals surface area contributed by atoms with E-state index >= 15 is 0 Å². The van der Waals surface area contributed by atoms with Crippen LogP contribution in [0.5, 0.6) is 0 Å². The molecule has 10 heteroatoms. The highest BCUT2D eigenvalue weighted by atomic mass is 16.8. The van der Waals surface area contributed by atoms with E-state index in [0.29, 0.717) is 37.5 Å². The molecule has 0 amide bonds. The summed E-state index contributed by atoms with van der Waals surface area (Å²) < 4.78 is 29.0. The van der Waals surface area contributed by atoms with Gasteiger partial charge >= 0.3 is 11.9 Å². The summed E-state index contributed by atoms with van der Waals surface area (Å²) >= 11 is 0. The van der Waals surface area contributed by atoms with Crippen LogP contribution in [0.15, 0.2) is 95.9 Å². The summed E-state index contributed by atoms with van der Waals surface area (Å²) in [6, 6.07) is 16.8. The average Bonchev–Trinajstić information content (AvgIpc) is 3.59. The highest BCUT2D eigenvalue weighted by molar-refractivity contribution is 6.05. The number of nitrogens with zero attached hydrogens (tertiary/aromatic N) is 2. The maximum Gasteiger partial charge on any atom is 0.348 e. The molecule has 6 aliphatic rings. The monoisotopic (exact) mass is 860 g/mol. The lowest BCUT2D eigenvalue weighted by Crippen LogP contribution is -2.49. The molecule has 4 aliphatic heterocycles. The molecular weight excluding hydrogens is 793 g/mol. The number of hydrogen-bond donors (Lipinski definition) is 2. The molecular formula is C53H68N2O8+2. The van der Waals surface area contributed by atoms with Gasteiger partial charge in [-0.25, -0.2) is 9.59 Å². The van der Waals surface area contributed by atoms with E-state index in [1.807, 2.05) is 12.2 Å². The summed E-state index contributed by atoms with van der Waals surface area (Å²) in [5.41, 5.74) is 6.33. The smallest absolute Gasteiger partial charge is 0.348 e. The van der Waals surface area contributed by atoms with Gasteiger partial charge in [0.1, 0.15) is 24.2 Å². The molecule has 2 saturated carbocycles. The Kier molecular flexibility index (Phi) is 11.8. The van der Waals surface area contributed by atoms with Gasteiger partial charge in [-0.2, -0.15) is 9.15 Å². The summed E-state index contributed by atoms with van der Waals surface area (Å²) in [7, 11) is 0. The predicted octanol–water partition coefficient (Wildman–Crippen LogP) is 11.3. The van der Waals surface area contributed by atoms with Crippen molar-refractivity contribution in [2.75, 3.05) is 13.1 Å². The van der Waals surface area contributed by atoms with Crippen molar-refractivity contribution in [3.63, 3.8) is 0 Å². The first kappa shape index (κ1) is 44.5. The fourth-order valence-corrected chi connectivity index (χ4v) is 11.5. The molecule has 0 aromatic heterocycles. The number of allylic oxidation sites excluding steroid dienone is 2. The number of aliphatic hydroxyl groups excluding tert-OH is 2. The van der Waals surface area contributed by atoms with Gasteiger partial charge in [-0.3, -0.25) is 0 Å². The van der Waals surface area contributed by atoms with Crippen LogP contribution in [0.3, 0.4) is 0 Å². The largest absolute Gasteiger partial charge is 0.480 e. The Labute approximate surface area is 373 Å². The fraction of sp³-hybridized carbons (Fsp3) is 0.547. The first-order valence-electron chi connectivity index (χ1n) is 23.5. The molecule has 4 heterocycles. The highest BCUT2D eigenvalue weighted by Crippen LogP contribution is 2.54. The van der Waals surface area contributed by atoms with Crippen molar-refractivity contribution >= 4 is 34.7 Å². The zero-order valence-electron chi connectivity index (χ0n) is 38.7. The molecule has 0 unspecified atom stereocenters. The third kappa shape index (κ3) is 7.94. The Morgan fingerprint density at radius 1 is 0.603 bits per heavy atom. The van der Waals surface area contributed by atoms with Crippen LogP contribution < -0.4 is 0 Å². The highest BCUT2D eigenvalue weighted by Gasteiger charge is 2.53. The molecule has 2 aromatic rings. The number of esters is 2. The van der Waals surface area contributed by atoms with Crippen molar-refractivity contribution in [2.24, 2.45) is 17.3 Å². The maximum absolute atomic E-state index is 13.6. The summed E-state index contributed by atoms with van der Waals surface area (Å²) in [6.07, 6.45) is 16.3. The normalized spacial score (nSPS) is 27.9. The van der Waals surface area contributed by atoms with Crippen molar-refractivity contribution in [3.05, 3.63) is 107 Å². The van der Waals surface area contributed by atoms with Crippen molar-refractivity contribution in [1.82, 2.24) is 0 Å². The quantitative estimate of drug-likeness (QED) is 0.160. The Bertz CT molecular complexity index is 2180. The first-order valence-corrected chi connectivity index (χ1v) is 23.5. The molecule has 2 aromatic carbocycles. The minimum atomic E-state index is -1.20. The number of carbonyl (C=O) groups excluding carboxylic acids is 2. The SMILES string of the molecule is CCCC[N+]1=C(/C=C/C2=C(O)OC3(CCC(C(C)(C)C4CCC5(CC4)OC(=O)C(/C=C/C4=[N+](CCCC)c6ccccc6C4(C)C)=C(O)O5)CC3)OC2=O)C(C)(C)c2ccccc21. The van der Waals surface area contributed by atoms with E-state index < -0.39 is 23.5 Å². The summed E-state index contributed by atoms with van der Waals surface area (Å²) in [5, 5.41) is 22.5. The molecule has 0 radical (unpaired) electrons. The molecule has 2 N–H and O–H groups in total. The van der Waals surface area contributed by atoms with Gasteiger partial charge in [0.15, 0.2) is 11.4 Å². The lowest BCUT2D eigenvalue weighted by atomic mass is 9.60. The van der Waals surface area contributed by atoms with E-state index in [-0.39, 0.29) is 39.3 Å². The average molecular weight is 861 g/mol. The Balaban J connectivity index is 0.895. The minimum Gasteiger partial charge on any atom is -0.480 e. The lowest BCUT2D eigenvalue weighted by molar-refractivity contribution is -0.438. The Hall–Kier alpha value is -5.12. The Morgan fingerprint density at radius 2 is 0.968 bits per heavy atom. The molecule has 2 fully saturated rings. The second kappa shape index (κ2) is 16.8. The van der Waals surface area contributed by atoms with E-state index in [1.54, 1.807) is 12.2 Å². The number of unbranched alkanes of at least 4 members (excludes halogenated alkanes) is 2. The topological polar surface area (TPSA) is 118 Å². The summed E-state index contributed by atoms with van der Waals surface area (Å²) in [6.45, 7) is 19.4. The molecule has 2 spiro atoms. The number of carbonyl (C=O) groups is 2. The molecule has 0 saturated heterocycles. The number of hydrogen-bond acceptors (Lipinski definition) is 8. The first-order chi connectivity index (χ1) is 30.0. The maximum atomic E-state index is 13.6. The van der Waals surface area contributed by atoms with Gasteiger partial charge in [0, 0.05) is 73.9 Å². The van der Waals surface area contributed by atoms with Gasteiger partial charge in [-0.15, -0.1) is 0 Å². The Morgan fingerprint density at radius 3 is 1.32 bits per heavy atom. The minimum absolute atomic E-state index is 0.0280. The van der Waals surface area contributed by atoms with Crippen LogP contribution in [0.1, 0.15) is 144 Å². The van der Waals surface area contributed by atoms with E-state index in [4.69, 9.17) is 18.9 Å². The van der Waals surface area contributed by atoms with E-state index in [0.717, 1.165) is 75.9 Å². The van der Waals surface area contributed by atoms with Crippen LogP contribution in [0.4, 0.5) is 11.4 Å². The third-order valence-corrected chi connectivity index (χ3v) is 15.5. The number of ether oxygens (including phenoxy) is 4. The van der Waals surface area contributed by atoms with Crippen molar-refractivity contribution in [1.29, 1.82) is 0 Å². The molecule has 63 heavy (non-hydrogen) atoms. The van der Waals surface area contributed by atoms with Crippen LogP contribution in [-0.2, 0) is 39.4 Å². The van der Waals surface area contributed by atoms with E-state index in [2.05, 4.69) is 113 Å². The molecule has 0 bridgehead atoms. The second-order valence-electron chi connectivity index (χ2n) is 20.3. The second-order valence-corrected chi connectivity index (χ2v) is 20.3.